The minimum absolute atomic E-state index is 0.196. The Morgan fingerprint density at radius 1 is 0.900 bits per heavy atom. The Labute approximate surface area is 178 Å². The smallest absolute Gasteiger partial charge is 0.159 e. The van der Waals surface area contributed by atoms with Gasteiger partial charge in [-0.1, -0.05) is 67.4 Å². The molecule has 0 unspecified atom stereocenters. The Kier molecular flexibility index (Phi) is 6.41. The first-order chi connectivity index (χ1) is 14.7. The van der Waals surface area contributed by atoms with Crippen molar-refractivity contribution in [2.45, 2.75) is 45.1 Å². The Bertz CT molecular complexity index is 934. The van der Waals surface area contributed by atoms with Crippen LogP contribution < -0.4 is 10.2 Å². The average molecular weight is 404 g/mol. The van der Waals surface area contributed by atoms with Crippen molar-refractivity contribution in [3.8, 4) is 28.3 Å². The summed E-state index contributed by atoms with van der Waals surface area (Å²) in [5, 5.41) is 0. The van der Waals surface area contributed by atoms with Gasteiger partial charge in [0.1, 0.15) is 12.2 Å². The van der Waals surface area contributed by atoms with Gasteiger partial charge in [0.2, 0.25) is 0 Å². The van der Waals surface area contributed by atoms with E-state index in [-0.39, 0.29) is 5.60 Å². The zero-order valence-corrected chi connectivity index (χ0v) is 17.7. The van der Waals surface area contributed by atoms with Gasteiger partial charge >= 0.3 is 0 Å². The second kappa shape index (κ2) is 9.37. The number of hydrogen-bond acceptors (Lipinski definition) is 5. The standard InChI is InChI=1S/C25H29N3O2/c1-3-4-15-28-30-25(13-14-25)18-29-23-16-26-24(27-17-23)22-11-9-21(10-12-22)20-7-5-19(2)6-8-20/h5-12,16-17,28H,3-4,13-15,18H2,1-2H3. The number of aromatic nitrogens is 2. The van der Waals surface area contributed by atoms with Crippen molar-refractivity contribution in [3.05, 3.63) is 66.5 Å². The van der Waals surface area contributed by atoms with Crippen LogP contribution in [0.5, 0.6) is 5.75 Å². The quantitative estimate of drug-likeness (QED) is 0.365. The fourth-order valence-electron chi connectivity index (χ4n) is 3.18. The first-order valence-electron chi connectivity index (χ1n) is 10.7. The molecular formula is C25H29N3O2. The number of nitrogens with one attached hydrogen (secondary N) is 1. The lowest BCUT2D eigenvalue weighted by Gasteiger charge is -2.17. The van der Waals surface area contributed by atoms with E-state index >= 15 is 0 Å². The van der Waals surface area contributed by atoms with Crippen molar-refractivity contribution in [1.29, 1.82) is 0 Å². The molecule has 4 rings (SSSR count). The van der Waals surface area contributed by atoms with E-state index in [4.69, 9.17) is 9.57 Å². The molecule has 1 fully saturated rings. The van der Waals surface area contributed by atoms with Crippen LogP contribution in [0.15, 0.2) is 60.9 Å². The highest BCUT2D eigenvalue weighted by Gasteiger charge is 2.46. The predicted octanol–water partition coefficient (Wildman–Crippen LogP) is 5.35. The van der Waals surface area contributed by atoms with Gasteiger partial charge < -0.3 is 4.74 Å². The summed E-state index contributed by atoms with van der Waals surface area (Å²) in [7, 11) is 0. The fraction of sp³-hybridized carbons (Fsp3) is 0.360. The van der Waals surface area contributed by atoms with Gasteiger partial charge in [-0.15, -0.1) is 0 Å². The monoisotopic (exact) mass is 403 g/mol. The van der Waals surface area contributed by atoms with Crippen LogP contribution in [0.4, 0.5) is 0 Å². The lowest BCUT2D eigenvalue weighted by Crippen LogP contribution is -2.31. The van der Waals surface area contributed by atoms with Crippen molar-refractivity contribution in [2.75, 3.05) is 13.2 Å². The topological polar surface area (TPSA) is 56.3 Å². The second-order valence-electron chi connectivity index (χ2n) is 8.01. The van der Waals surface area contributed by atoms with E-state index in [1.807, 2.05) is 0 Å². The van der Waals surface area contributed by atoms with E-state index in [1.54, 1.807) is 12.4 Å². The maximum absolute atomic E-state index is 5.88. The fourth-order valence-corrected chi connectivity index (χ4v) is 3.18. The molecule has 156 valence electrons. The first-order valence-corrected chi connectivity index (χ1v) is 10.7. The largest absolute Gasteiger partial charge is 0.487 e. The summed E-state index contributed by atoms with van der Waals surface area (Å²) in [6, 6.07) is 16.9. The van der Waals surface area contributed by atoms with Crippen molar-refractivity contribution >= 4 is 0 Å². The number of nitrogens with zero attached hydrogens (tertiary/aromatic N) is 2. The third-order valence-corrected chi connectivity index (χ3v) is 5.39. The number of benzene rings is 2. The molecule has 0 saturated heterocycles. The van der Waals surface area contributed by atoms with Crippen molar-refractivity contribution < 1.29 is 9.57 Å². The van der Waals surface area contributed by atoms with Gasteiger partial charge in [-0.25, -0.2) is 15.4 Å². The molecular weight excluding hydrogens is 374 g/mol. The molecule has 2 aromatic carbocycles. The minimum atomic E-state index is -0.196. The van der Waals surface area contributed by atoms with Crippen molar-refractivity contribution in [2.24, 2.45) is 0 Å². The van der Waals surface area contributed by atoms with Crippen molar-refractivity contribution in [3.63, 3.8) is 0 Å². The molecule has 5 heteroatoms. The van der Waals surface area contributed by atoms with Gasteiger partial charge in [0.05, 0.1) is 12.4 Å². The Balaban J connectivity index is 1.33. The Hall–Kier alpha value is -2.76. The molecule has 0 radical (unpaired) electrons. The SMILES string of the molecule is CCCCNOC1(COc2cnc(-c3ccc(-c4ccc(C)cc4)cc3)nc2)CC1. The third-order valence-electron chi connectivity index (χ3n) is 5.39. The molecule has 30 heavy (non-hydrogen) atoms. The summed E-state index contributed by atoms with van der Waals surface area (Å²) >= 11 is 0. The second-order valence-corrected chi connectivity index (χ2v) is 8.01. The van der Waals surface area contributed by atoms with E-state index in [0.29, 0.717) is 18.2 Å². The number of hydroxylamine groups is 1. The molecule has 0 atom stereocenters. The van der Waals surface area contributed by atoms with E-state index in [2.05, 4.69) is 77.8 Å². The molecule has 1 N–H and O–H groups in total. The molecule has 1 saturated carbocycles. The highest BCUT2D eigenvalue weighted by atomic mass is 16.7. The summed E-state index contributed by atoms with van der Waals surface area (Å²) in [6.45, 7) is 5.65. The third kappa shape index (κ3) is 5.23. The van der Waals surface area contributed by atoms with Gasteiger partial charge in [-0.05, 0) is 37.3 Å². The molecule has 1 aliphatic carbocycles. The zero-order chi connectivity index (χ0) is 20.8. The highest BCUT2D eigenvalue weighted by Crippen LogP contribution is 2.39. The summed E-state index contributed by atoms with van der Waals surface area (Å²) in [4.78, 5) is 14.8. The molecule has 1 aromatic heterocycles. The van der Waals surface area contributed by atoms with E-state index in [1.165, 1.54) is 16.7 Å². The zero-order valence-electron chi connectivity index (χ0n) is 17.7. The summed E-state index contributed by atoms with van der Waals surface area (Å²) < 4.78 is 5.88. The van der Waals surface area contributed by atoms with Crippen LogP contribution >= 0.6 is 0 Å². The van der Waals surface area contributed by atoms with E-state index in [0.717, 1.165) is 37.8 Å². The number of hydrogen-bond donors (Lipinski definition) is 1. The molecule has 5 nitrogen and oxygen atoms in total. The van der Waals surface area contributed by atoms with Crippen LogP contribution in [0.3, 0.4) is 0 Å². The molecule has 1 heterocycles. The Morgan fingerprint density at radius 3 is 2.10 bits per heavy atom. The number of ether oxygens (including phenoxy) is 1. The maximum Gasteiger partial charge on any atom is 0.159 e. The molecule has 1 aliphatic rings. The van der Waals surface area contributed by atoms with Crippen LogP contribution in [0.2, 0.25) is 0 Å². The van der Waals surface area contributed by atoms with Gasteiger partial charge in [-0.2, -0.15) is 0 Å². The number of unbranched alkanes of at least 4 members (excludes halogenated alkanes) is 1. The highest BCUT2D eigenvalue weighted by molar-refractivity contribution is 5.67. The van der Waals surface area contributed by atoms with Gasteiger partial charge in [0, 0.05) is 12.1 Å². The maximum atomic E-state index is 5.88. The molecule has 3 aromatic rings. The lowest BCUT2D eigenvalue weighted by atomic mass is 10.0. The summed E-state index contributed by atoms with van der Waals surface area (Å²) in [5.74, 6) is 1.36. The number of rotatable bonds is 10. The van der Waals surface area contributed by atoms with Gasteiger partial charge in [0.25, 0.3) is 0 Å². The summed E-state index contributed by atoms with van der Waals surface area (Å²) in [5.41, 5.74) is 7.50. The van der Waals surface area contributed by atoms with Crippen molar-refractivity contribution in [1.82, 2.24) is 15.4 Å². The van der Waals surface area contributed by atoms with Crippen LogP contribution in [-0.4, -0.2) is 28.7 Å². The minimum Gasteiger partial charge on any atom is -0.487 e. The van der Waals surface area contributed by atoms with Crippen LogP contribution in [-0.2, 0) is 4.84 Å². The Morgan fingerprint density at radius 2 is 1.50 bits per heavy atom. The first kappa shape index (κ1) is 20.5. The summed E-state index contributed by atoms with van der Waals surface area (Å²) in [6.07, 6.45) is 7.75. The van der Waals surface area contributed by atoms with Crippen LogP contribution in [0, 0.1) is 6.92 Å². The molecule has 0 spiro atoms. The van der Waals surface area contributed by atoms with Gasteiger partial charge in [0.15, 0.2) is 11.6 Å². The van der Waals surface area contributed by atoms with E-state index in [9.17, 15) is 0 Å². The van der Waals surface area contributed by atoms with Gasteiger partial charge in [-0.3, -0.25) is 4.84 Å². The van der Waals surface area contributed by atoms with E-state index < -0.39 is 0 Å². The lowest BCUT2D eigenvalue weighted by molar-refractivity contribution is -0.0641. The molecule has 0 bridgehead atoms. The molecule has 0 amide bonds. The average Bonchev–Trinajstić information content (AvgIpc) is 3.57. The van der Waals surface area contributed by atoms with Crippen LogP contribution in [0.25, 0.3) is 22.5 Å². The predicted molar refractivity (Wildman–Crippen MR) is 119 cm³/mol. The van der Waals surface area contributed by atoms with Crippen LogP contribution in [0.1, 0.15) is 38.2 Å². The number of aryl methyl sites for hydroxylation is 1. The molecule has 0 aliphatic heterocycles. The normalized spacial score (nSPS) is 14.5.